The van der Waals surface area contributed by atoms with Crippen LogP contribution in [0.3, 0.4) is 0 Å². The molecule has 0 aliphatic rings. The van der Waals surface area contributed by atoms with E-state index in [9.17, 15) is 9.18 Å². The summed E-state index contributed by atoms with van der Waals surface area (Å²) in [6.07, 6.45) is 0.557. The molecule has 0 bridgehead atoms. The molecule has 2 aromatic carbocycles. The second kappa shape index (κ2) is 6.88. The van der Waals surface area contributed by atoms with E-state index in [0.29, 0.717) is 17.9 Å². The van der Waals surface area contributed by atoms with Gasteiger partial charge in [-0.15, -0.1) is 0 Å². The van der Waals surface area contributed by atoms with E-state index in [1.54, 1.807) is 31.4 Å². The van der Waals surface area contributed by atoms with Gasteiger partial charge in [0, 0.05) is 5.92 Å². The molecule has 3 nitrogen and oxygen atoms in total. The minimum atomic E-state index is -0.273. The molecule has 0 saturated heterocycles. The average molecular weight is 287 g/mol. The van der Waals surface area contributed by atoms with Crippen LogP contribution in [0.1, 0.15) is 12.5 Å². The fourth-order valence-corrected chi connectivity index (χ4v) is 2.07. The average Bonchev–Trinajstić information content (AvgIpc) is 2.50. The molecule has 0 aliphatic heterocycles. The summed E-state index contributed by atoms with van der Waals surface area (Å²) in [4.78, 5) is 12.2. The Morgan fingerprint density at radius 2 is 1.86 bits per heavy atom. The Hall–Kier alpha value is -2.36. The molecule has 2 aromatic rings. The molecule has 0 fully saturated rings. The van der Waals surface area contributed by atoms with E-state index in [0.717, 1.165) is 5.56 Å². The second-order valence-electron chi connectivity index (χ2n) is 4.92. The molecule has 4 heteroatoms. The van der Waals surface area contributed by atoms with Gasteiger partial charge in [0.05, 0.1) is 12.8 Å². The first-order valence-corrected chi connectivity index (χ1v) is 6.78. The zero-order chi connectivity index (χ0) is 15.2. The first kappa shape index (κ1) is 15.0. The largest absolute Gasteiger partial charge is 0.495 e. The maximum Gasteiger partial charge on any atom is 0.227 e. The number of halogens is 1. The van der Waals surface area contributed by atoms with Crippen molar-refractivity contribution >= 4 is 11.6 Å². The molecule has 1 amide bonds. The summed E-state index contributed by atoms with van der Waals surface area (Å²) in [5.41, 5.74) is 1.58. The number of carbonyl (C=O) groups is 1. The molecule has 0 aliphatic carbocycles. The standard InChI is InChI=1S/C17H18FNO2/c1-12(11-13-7-9-14(18)10-8-13)17(20)19-15-5-3-4-6-16(15)21-2/h3-10,12H,11H2,1-2H3,(H,19,20). The molecular weight excluding hydrogens is 269 g/mol. The van der Waals surface area contributed by atoms with E-state index in [2.05, 4.69) is 5.32 Å². The van der Waals surface area contributed by atoms with Crippen molar-refractivity contribution in [2.75, 3.05) is 12.4 Å². The molecule has 0 spiro atoms. The predicted molar refractivity (Wildman–Crippen MR) is 80.9 cm³/mol. The zero-order valence-electron chi connectivity index (χ0n) is 12.1. The van der Waals surface area contributed by atoms with E-state index < -0.39 is 0 Å². The van der Waals surface area contributed by atoms with Gasteiger partial charge in [-0.25, -0.2) is 4.39 Å². The third-order valence-corrected chi connectivity index (χ3v) is 3.27. The van der Waals surface area contributed by atoms with E-state index in [1.807, 2.05) is 19.1 Å². The third-order valence-electron chi connectivity index (χ3n) is 3.27. The smallest absolute Gasteiger partial charge is 0.227 e. The van der Waals surface area contributed by atoms with Crippen molar-refractivity contribution in [2.24, 2.45) is 5.92 Å². The van der Waals surface area contributed by atoms with Crippen LogP contribution in [0.2, 0.25) is 0 Å². The molecule has 110 valence electrons. The monoisotopic (exact) mass is 287 g/mol. The SMILES string of the molecule is COc1ccccc1NC(=O)C(C)Cc1ccc(F)cc1. The Morgan fingerprint density at radius 1 is 1.19 bits per heavy atom. The van der Waals surface area contributed by atoms with Crippen LogP contribution in [0.5, 0.6) is 5.75 Å². The molecule has 0 aromatic heterocycles. The number of nitrogens with one attached hydrogen (secondary N) is 1. The summed E-state index contributed by atoms with van der Waals surface area (Å²) in [5.74, 6) is 0.0360. The zero-order valence-corrected chi connectivity index (χ0v) is 12.1. The van der Waals surface area contributed by atoms with Gasteiger partial charge < -0.3 is 10.1 Å². The molecule has 1 unspecified atom stereocenters. The Morgan fingerprint density at radius 3 is 2.52 bits per heavy atom. The molecule has 0 radical (unpaired) electrons. The summed E-state index contributed by atoms with van der Waals surface area (Å²) in [6, 6.07) is 13.5. The lowest BCUT2D eigenvalue weighted by molar-refractivity contribution is -0.119. The van der Waals surface area contributed by atoms with Crippen LogP contribution < -0.4 is 10.1 Å². The molecule has 0 saturated carbocycles. The Balaban J connectivity index is 2.01. The van der Waals surface area contributed by atoms with Gasteiger partial charge in [-0.2, -0.15) is 0 Å². The highest BCUT2D eigenvalue weighted by atomic mass is 19.1. The van der Waals surface area contributed by atoms with Crippen molar-refractivity contribution in [3.63, 3.8) is 0 Å². The van der Waals surface area contributed by atoms with E-state index in [1.165, 1.54) is 12.1 Å². The lowest BCUT2D eigenvalue weighted by atomic mass is 10.0. The van der Waals surface area contributed by atoms with Crippen LogP contribution in [0, 0.1) is 11.7 Å². The number of rotatable bonds is 5. The van der Waals surface area contributed by atoms with Crippen LogP contribution in [-0.2, 0) is 11.2 Å². The molecule has 1 atom stereocenters. The number of anilines is 1. The lowest BCUT2D eigenvalue weighted by Crippen LogP contribution is -2.22. The van der Waals surface area contributed by atoms with Crippen LogP contribution >= 0.6 is 0 Å². The maximum atomic E-state index is 12.9. The van der Waals surface area contributed by atoms with Gasteiger partial charge in [0.2, 0.25) is 5.91 Å². The van der Waals surface area contributed by atoms with Crippen molar-refractivity contribution < 1.29 is 13.9 Å². The predicted octanol–water partition coefficient (Wildman–Crippen LogP) is 3.65. The van der Waals surface area contributed by atoms with Crippen molar-refractivity contribution in [1.29, 1.82) is 0 Å². The maximum absolute atomic E-state index is 12.9. The Labute approximate surface area is 123 Å². The first-order valence-electron chi connectivity index (χ1n) is 6.78. The topological polar surface area (TPSA) is 38.3 Å². The number of methoxy groups -OCH3 is 1. The number of carbonyl (C=O) groups excluding carboxylic acids is 1. The molecular formula is C17H18FNO2. The fourth-order valence-electron chi connectivity index (χ4n) is 2.07. The number of hydrogen-bond acceptors (Lipinski definition) is 2. The van der Waals surface area contributed by atoms with Gasteiger partial charge in [0.25, 0.3) is 0 Å². The number of hydrogen-bond donors (Lipinski definition) is 1. The van der Waals surface area contributed by atoms with E-state index in [-0.39, 0.29) is 17.6 Å². The molecule has 2 rings (SSSR count). The van der Waals surface area contributed by atoms with Crippen LogP contribution in [0.4, 0.5) is 10.1 Å². The van der Waals surface area contributed by atoms with Crippen molar-refractivity contribution in [3.8, 4) is 5.75 Å². The lowest BCUT2D eigenvalue weighted by Gasteiger charge is -2.14. The molecule has 1 N–H and O–H groups in total. The normalized spacial score (nSPS) is 11.8. The van der Waals surface area contributed by atoms with Gasteiger partial charge in [0.15, 0.2) is 0 Å². The summed E-state index contributed by atoms with van der Waals surface area (Å²) in [7, 11) is 1.56. The van der Waals surface area contributed by atoms with Gasteiger partial charge >= 0.3 is 0 Å². The number of ether oxygens (including phenoxy) is 1. The summed E-state index contributed by atoms with van der Waals surface area (Å²) in [5, 5.41) is 2.85. The highest BCUT2D eigenvalue weighted by Gasteiger charge is 2.15. The Kier molecular flexibility index (Phi) is 4.93. The van der Waals surface area contributed by atoms with Crippen LogP contribution in [-0.4, -0.2) is 13.0 Å². The first-order chi connectivity index (χ1) is 10.1. The number of amides is 1. The third kappa shape index (κ3) is 4.05. The number of benzene rings is 2. The van der Waals surface area contributed by atoms with E-state index in [4.69, 9.17) is 4.74 Å². The molecule has 0 heterocycles. The van der Waals surface area contributed by atoms with Gasteiger partial charge in [-0.3, -0.25) is 4.79 Å². The summed E-state index contributed by atoms with van der Waals surface area (Å²) < 4.78 is 18.1. The van der Waals surface area contributed by atoms with Crippen molar-refractivity contribution in [3.05, 3.63) is 59.9 Å². The van der Waals surface area contributed by atoms with Gasteiger partial charge in [0.1, 0.15) is 11.6 Å². The van der Waals surface area contributed by atoms with Crippen molar-refractivity contribution in [1.82, 2.24) is 0 Å². The van der Waals surface area contributed by atoms with E-state index >= 15 is 0 Å². The number of para-hydroxylation sites is 2. The highest BCUT2D eigenvalue weighted by molar-refractivity contribution is 5.93. The van der Waals surface area contributed by atoms with Crippen molar-refractivity contribution in [2.45, 2.75) is 13.3 Å². The quantitative estimate of drug-likeness (QED) is 0.911. The minimum absolute atomic E-state index is 0.0937. The van der Waals surface area contributed by atoms with Gasteiger partial charge in [-0.05, 0) is 36.2 Å². The van der Waals surface area contributed by atoms with Crippen LogP contribution in [0.25, 0.3) is 0 Å². The van der Waals surface area contributed by atoms with Crippen LogP contribution in [0.15, 0.2) is 48.5 Å². The fraction of sp³-hybridized carbons (Fsp3) is 0.235. The summed E-state index contributed by atoms with van der Waals surface area (Å²) in [6.45, 7) is 1.84. The minimum Gasteiger partial charge on any atom is -0.495 e. The van der Waals surface area contributed by atoms with Gasteiger partial charge in [-0.1, -0.05) is 31.2 Å². The second-order valence-corrected chi connectivity index (χ2v) is 4.92. The summed E-state index contributed by atoms with van der Waals surface area (Å²) >= 11 is 0. The highest BCUT2D eigenvalue weighted by Crippen LogP contribution is 2.24. The Bertz CT molecular complexity index is 610. The molecule has 21 heavy (non-hydrogen) atoms.